The first-order valence-corrected chi connectivity index (χ1v) is 5.81. The minimum Gasteiger partial charge on any atom is -0.484 e. The molecule has 1 aromatic carbocycles. The summed E-state index contributed by atoms with van der Waals surface area (Å²) < 4.78 is 5.23. The summed E-state index contributed by atoms with van der Waals surface area (Å²) in [6.07, 6.45) is 0.462. The van der Waals surface area contributed by atoms with Gasteiger partial charge in [0, 0.05) is 18.5 Å². The summed E-state index contributed by atoms with van der Waals surface area (Å²) in [7, 11) is 0. The third-order valence-electron chi connectivity index (χ3n) is 2.30. The smallest absolute Gasteiger partial charge is 0.258 e. The van der Waals surface area contributed by atoms with Gasteiger partial charge in [-0.1, -0.05) is 6.92 Å². The lowest BCUT2D eigenvalue weighted by atomic mass is 10.1. The van der Waals surface area contributed by atoms with Crippen molar-refractivity contribution in [2.24, 2.45) is 0 Å². The van der Waals surface area contributed by atoms with Gasteiger partial charge in [0.2, 0.25) is 0 Å². The number of rotatable bonds is 7. The predicted molar refractivity (Wildman–Crippen MR) is 66.7 cm³/mol. The zero-order valence-corrected chi connectivity index (χ0v) is 10.3. The van der Waals surface area contributed by atoms with Gasteiger partial charge in [0.05, 0.1) is 6.61 Å². The Balaban J connectivity index is 2.44. The Bertz CT molecular complexity index is 400. The van der Waals surface area contributed by atoms with E-state index in [-0.39, 0.29) is 31.4 Å². The molecule has 0 radical (unpaired) electrons. The molecule has 18 heavy (non-hydrogen) atoms. The third kappa shape index (κ3) is 4.55. The van der Waals surface area contributed by atoms with Crippen molar-refractivity contribution in [3.05, 3.63) is 29.8 Å². The van der Waals surface area contributed by atoms with Gasteiger partial charge in [0.15, 0.2) is 12.4 Å². The van der Waals surface area contributed by atoms with E-state index in [1.807, 2.05) is 0 Å². The van der Waals surface area contributed by atoms with E-state index in [1.54, 1.807) is 31.2 Å². The zero-order chi connectivity index (χ0) is 13.4. The second kappa shape index (κ2) is 7.45. The summed E-state index contributed by atoms with van der Waals surface area (Å²) >= 11 is 0. The first-order valence-electron chi connectivity index (χ1n) is 5.81. The van der Waals surface area contributed by atoms with Gasteiger partial charge in [-0.2, -0.15) is 0 Å². The molecule has 2 N–H and O–H groups in total. The summed E-state index contributed by atoms with van der Waals surface area (Å²) in [5.74, 6) is 0.307. The van der Waals surface area contributed by atoms with Gasteiger partial charge < -0.3 is 15.2 Å². The normalized spacial score (nSPS) is 9.89. The molecule has 1 rings (SSSR count). The van der Waals surface area contributed by atoms with Crippen molar-refractivity contribution in [2.75, 3.05) is 19.8 Å². The van der Waals surface area contributed by atoms with Crippen LogP contribution in [0.1, 0.15) is 23.7 Å². The number of Topliss-reactive ketones (excluding diaryl/α,β-unsaturated/α-hetero) is 1. The fourth-order valence-corrected chi connectivity index (χ4v) is 1.34. The highest BCUT2D eigenvalue weighted by Crippen LogP contribution is 2.13. The minimum atomic E-state index is -0.294. The molecule has 0 aliphatic carbocycles. The van der Waals surface area contributed by atoms with Gasteiger partial charge in [-0.15, -0.1) is 0 Å². The molecule has 0 aliphatic rings. The van der Waals surface area contributed by atoms with Crippen LogP contribution in [0.4, 0.5) is 0 Å². The van der Waals surface area contributed by atoms with Crippen LogP contribution in [0.25, 0.3) is 0 Å². The van der Waals surface area contributed by atoms with E-state index >= 15 is 0 Å². The highest BCUT2D eigenvalue weighted by atomic mass is 16.5. The van der Waals surface area contributed by atoms with Crippen molar-refractivity contribution < 1.29 is 19.4 Å². The van der Waals surface area contributed by atoms with E-state index in [0.29, 0.717) is 17.7 Å². The molecule has 0 heterocycles. The summed E-state index contributed by atoms with van der Waals surface area (Å²) in [5, 5.41) is 11.0. The summed E-state index contributed by atoms with van der Waals surface area (Å²) in [4.78, 5) is 22.6. The molecule has 1 aromatic rings. The molecule has 0 saturated carbocycles. The fraction of sp³-hybridized carbons (Fsp3) is 0.385. The lowest BCUT2D eigenvalue weighted by molar-refractivity contribution is -0.123. The van der Waals surface area contributed by atoms with E-state index in [0.717, 1.165) is 0 Å². The van der Waals surface area contributed by atoms with Gasteiger partial charge in [0.25, 0.3) is 5.91 Å². The molecule has 0 fully saturated rings. The van der Waals surface area contributed by atoms with Gasteiger partial charge in [-0.3, -0.25) is 9.59 Å². The van der Waals surface area contributed by atoms with Crippen molar-refractivity contribution in [1.29, 1.82) is 0 Å². The number of aliphatic hydroxyl groups excluding tert-OH is 1. The van der Waals surface area contributed by atoms with E-state index in [9.17, 15) is 9.59 Å². The summed E-state index contributed by atoms with van der Waals surface area (Å²) in [5.41, 5.74) is 0.634. The number of nitrogens with one attached hydrogen (secondary N) is 1. The maximum absolute atomic E-state index is 11.4. The monoisotopic (exact) mass is 251 g/mol. The zero-order valence-electron chi connectivity index (χ0n) is 10.3. The standard InChI is InChI=1S/C13H17NO4/c1-2-12(16)10-3-5-11(6-4-10)18-9-13(17)14-7-8-15/h3-6,15H,2,7-9H2,1H3,(H,14,17). The van der Waals surface area contributed by atoms with Gasteiger partial charge in [0.1, 0.15) is 5.75 Å². The molecule has 0 unspecified atom stereocenters. The van der Waals surface area contributed by atoms with Crippen LogP contribution in [0.3, 0.4) is 0 Å². The van der Waals surface area contributed by atoms with Crippen LogP contribution < -0.4 is 10.1 Å². The van der Waals surface area contributed by atoms with Crippen LogP contribution in [0.15, 0.2) is 24.3 Å². The number of hydrogen-bond acceptors (Lipinski definition) is 4. The van der Waals surface area contributed by atoms with Crippen LogP contribution in [0.2, 0.25) is 0 Å². The quantitative estimate of drug-likeness (QED) is 0.702. The van der Waals surface area contributed by atoms with Crippen molar-refractivity contribution in [3.63, 3.8) is 0 Å². The maximum atomic E-state index is 11.4. The predicted octanol–water partition coefficient (Wildman–Crippen LogP) is 0.767. The number of ketones is 1. The fourth-order valence-electron chi connectivity index (χ4n) is 1.34. The molecule has 0 atom stereocenters. The van der Waals surface area contributed by atoms with E-state index in [4.69, 9.17) is 9.84 Å². The van der Waals surface area contributed by atoms with Gasteiger partial charge >= 0.3 is 0 Å². The first kappa shape index (κ1) is 14.2. The van der Waals surface area contributed by atoms with Crippen molar-refractivity contribution >= 4 is 11.7 Å². The number of ether oxygens (including phenoxy) is 1. The molecule has 0 bridgehead atoms. The Labute approximate surface area is 106 Å². The second-order valence-corrected chi connectivity index (χ2v) is 3.66. The minimum absolute atomic E-state index is 0.0715. The number of amides is 1. The molecule has 0 saturated heterocycles. The largest absolute Gasteiger partial charge is 0.484 e. The van der Waals surface area contributed by atoms with Crippen LogP contribution in [-0.4, -0.2) is 36.6 Å². The molecule has 0 spiro atoms. The number of benzene rings is 1. The lowest BCUT2D eigenvalue weighted by Gasteiger charge is -2.07. The van der Waals surface area contributed by atoms with Crippen molar-refractivity contribution in [3.8, 4) is 5.75 Å². The topological polar surface area (TPSA) is 75.6 Å². The van der Waals surface area contributed by atoms with Crippen LogP contribution in [0, 0.1) is 0 Å². The van der Waals surface area contributed by atoms with Crippen molar-refractivity contribution in [2.45, 2.75) is 13.3 Å². The first-order chi connectivity index (χ1) is 8.67. The Hall–Kier alpha value is -1.88. The molecule has 0 aliphatic heterocycles. The van der Waals surface area contributed by atoms with E-state index in [1.165, 1.54) is 0 Å². The van der Waals surface area contributed by atoms with Crippen LogP contribution in [-0.2, 0) is 4.79 Å². The van der Waals surface area contributed by atoms with E-state index < -0.39 is 0 Å². The molecule has 0 aromatic heterocycles. The third-order valence-corrected chi connectivity index (χ3v) is 2.30. The average Bonchev–Trinajstić information content (AvgIpc) is 2.42. The molecular weight excluding hydrogens is 234 g/mol. The SMILES string of the molecule is CCC(=O)c1ccc(OCC(=O)NCCO)cc1. The van der Waals surface area contributed by atoms with Gasteiger partial charge in [-0.05, 0) is 24.3 Å². The number of carbonyl (C=O) groups excluding carboxylic acids is 2. The number of hydrogen-bond donors (Lipinski definition) is 2. The molecule has 5 heteroatoms. The second-order valence-electron chi connectivity index (χ2n) is 3.66. The number of aliphatic hydroxyl groups is 1. The average molecular weight is 251 g/mol. The Kier molecular flexibility index (Phi) is 5.87. The Morgan fingerprint density at radius 3 is 2.50 bits per heavy atom. The highest BCUT2D eigenvalue weighted by Gasteiger charge is 2.04. The summed E-state index contributed by atoms with van der Waals surface area (Å²) in [6.45, 7) is 1.81. The number of carbonyl (C=O) groups is 2. The Morgan fingerprint density at radius 2 is 1.94 bits per heavy atom. The summed E-state index contributed by atoms with van der Waals surface area (Å²) in [6, 6.07) is 6.66. The molecule has 1 amide bonds. The lowest BCUT2D eigenvalue weighted by Crippen LogP contribution is -2.31. The van der Waals surface area contributed by atoms with Crippen LogP contribution >= 0.6 is 0 Å². The van der Waals surface area contributed by atoms with Gasteiger partial charge in [-0.25, -0.2) is 0 Å². The maximum Gasteiger partial charge on any atom is 0.258 e. The van der Waals surface area contributed by atoms with Crippen molar-refractivity contribution in [1.82, 2.24) is 5.32 Å². The molecule has 98 valence electrons. The van der Waals surface area contributed by atoms with E-state index in [2.05, 4.69) is 5.32 Å². The molecule has 5 nitrogen and oxygen atoms in total. The molecular formula is C13H17NO4. The van der Waals surface area contributed by atoms with Crippen LogP contribution in [0.5, 0.6) is 5.75 Å². The highest BCUT2D eigenvalue weighted by molar-refractivity contribution is 5.95. The Morgan fingerprint density at radius 1 is 1.28 bits per heavy atom.